The van der Waals surface area contributed by atoms with Crippen LogP contribution in [-0.4, -0.2) is 36.5 Å². The van der Waals surface area contributed by atoms with E-state index in [2.05, 4.69) is 0 Å². The molecule has 0 spiro atoms. The van der Waals surface area contributed by atoms with Crippen molar-refractivity contribution in [3.8, 4) is 6.07 Å². The maximum absolute atomic E-state index is 12.6. The van der Waals surface area contributed by atoms with Crippen molar-refractivity contribution < 1.29 is 18.0 Å². The Morgan fingerprint density at radius 2 is 2.05 bits per heavy atom. The summed E-state index contributed by atoms with van der Waals surface area (Å²) in [5.74, 6) is -0.240. The van der Waals surface area contributed by atoms with Gasteiger partial charge in [-0.15, -0.1) is 0 Å². The number of ketones is 1. The van der Waals surface area contributed by atoms with Gasteiger partial charge in [0.05, 0.1) is 12.1 Å². The van der Waals surface area contributed by atoms with Gasteiger partial charge in [-0.25, -0.2) is 0 Å². The Kier molecular flexibility index (Phi) is 3.69. The Balaban J connectivity index is 2.34. The van der Waals surface area contributed by atoms with E-state index in [0.29, 0.717) is 13.0 Å². The van der Waals surface area contributed by atoms with Crippen LogP contribution in [0.3, 0.4) is 0 Å². The molecule has 3 nitrogen and oxygen atoms in total. The average molecular weight is 300 g/mol. The van der Waals surface area contributed by atoms with Crippen LogP contribution in [0.5, 0.6) is 0 Å². The first-order chi connectivity index (χ1) is 9.49. The second-order valence-electron chi connectivity index (χ2n) is 6.89. The number of nitrogens with zero attached hydrogens (tertiary/aromatic N) is 2. The molecular weight excluding hydrogens is 281 g/mol. The van der Waals surface area contributed by atoms with Crippen LogP contribution < -0.4 is 0 Å². The number of likely N-dealkylation sites (tertiary alicyclic amines) is 1. The van der Waals surface area contributed by atoms with Crippen molar-refractivity contribution >= 4 is 5.78 Å². The molecule has 21 heavy (non-hydrogen) atoms. The van der Waals surface area contributed by atoms with Gasteiger partial charge in [-0.3, -0.25) is 9.69 Å². The Morgan fingerprint density at radius 3 is 2.57 bits per heavy atom. The maximum atomic E-state index is 12.6. The second kappa shape index (κ2) is 4.84. The number of hydrogen-bond acceptors (Lipinski definition) is 3. The summed E-state index contributed by atoms with van der Waals surface area (Å²) in [5, 5.41) is 9.12. The fourth-order valence-electron chi connectivity index (χ4n) is 4.02. The largest absolute Gasteiger partial charge is 0.401 e. The number of allylic oxidation sites excluding steroid dienone is 1. The van der Waals surface area contributed by atoms with Crippen molar-refractivity contribution in [3.05, 3.63) is 11.6 Å². The molecule has 0 unspecified atom stereocenters. The molecule has 1 heterocycles. The number of fused-ring (bicyclic) bond motifs is 1. The van der Waals surface area contributed by atoms with Crippen LogP contribution in [-0.2, 0) is 4.79 Å². The number of carbonyl (C=O) groups excluding carboxylic acids is 1. The van der Waals surface area contributed by atoms with Crippen LogP contribution in [0.25, 0.3) is 0 Å². The molecule has 0 saturated carbocycles. The van der Waals surface area contributed by atoms with E-state index in [4.69, 9.17) is 5.26 Å². The van der Waals surface area contributed by atoms with Gasteiger partial charge in [0.2, 0.25) is 0 Å². The molecule has 2 aliphatic rings. The second-order valence-corrected chi connectivity index (χ2v) is 6.89. The third kappa shape index (κ3) is 2.84. The van der Waals surface area contributed by atoms with E-state index < -0.39 is 23.6 Å². The molecule has 0 aromatic heterocycles. The third-order valence-corrected chi connectivity index (χ3v) is 4.79. The standard InChI is InChI=1S/C15H19F3N2O/c1-13(2)11-4-5-20(9-15(16,17)18)8-14(11,3)6-10(7-19)12(13)21/h6,11H,4-5,8-9H2,1-3H3/t11-,14+/m1/s1. The molecule has 0 aromatic carbocycles. The highest BCUT2D eigenvalue weighted by Gasteiger charge is 2.53. The van der Waals surface area contributed by atoms with Crippen LogP contribution >= 0.6 is 0 Å². The molecule has 1 fully saturated rings. The zero-order valence-electron chi connectivity index (χ0n) is 12.4. The molecule has 0 bridgehead atoms. The van der Waals surface area contributed by atoms with Gasteiger partial charge in [0.1, 0.15) is 6.07 Å². The molecule has 0 radical (unpaired) electrons. The van der Waals surface area contributed by atoms with Crippen molar-refractivity contribution in [3.63, 3.8) is 0 Å². The lowest BCUT2D eigenvalue weighted by molar-refractivity contribution is -0.159. The van der Waals surface area contributed by atoms with Crippen LogP contribution in [0, 0.1) is 28.1 Å². The molecule has 0 N–H and O–H groups in total. The maximum Gasteiger partial charge on any atom is 0.401 e. The summed E-state index contributed by atoms with van der Waals surface area (Å²) in [6.07, 6.45) is -2.11. The lowest BCUT2D eigenvalue weighted by Crippen LogP contribution is -2.56. The van der Waals surface area contributed by atoms with Crippen molar-refractivity contribution in [2.75, 3.05) is 19.6 Å². The van der Waals surface area contributed by atoms with Crippen LogP contribution in [0.1, 0.15) is 27.2 Å². The van der Waals surface area contributed by atoms with E-state index in [0.717, 1.165) is 0 Å². The number of alkyl halides is 3. The number of nitriles is 1. The van der Waals surface area contributed by atoms with E-state index in [-0.39, 0.29) is 23.8 Å². The number of Topliss-reactive ketones (excluding diaryl/α,β-unsaturated/α-hetero) is 1. The highest BCUT2D eigenvalue weighted by molar-refractivity contribution is 6.04. The molecule has 6 heteroatoms. The summed E-state index contributed by atoms with van der Waals surface area (Å²) in [6.45, 7) is 5.04. The predicted octanol–water partition coefficient (Wildman–Crippen LogP) is 2.94. The SMILES string of the molecule is CC1(C)C(=O)C(C#N)=C[C@@]2(C)CN(CC(F)(F)F)CC[C@H]12. The smallest absolute Gasteiger partial charge is 0.294 e. The topological polar surface area (TPSA) is 44.1 Å². The van der Waals surface area contributed by atoms with E-state index >= 15 is 0 Å². The van der Waals surface area contributed by atoms with Gasteiger partial charge in [0.25, 0.3) is 0 Å². The fourth-order valence-corrected chi connectivity index (χ4v) is 4.02. The zero-order chi connectivity index (χ0) is 16.1. The Bertz CT molecular complexity index is 530. The Hall–Kier alpha value is -1.35. The van der Waals surface area contributed by atoms with Gasteiger partial charge in [0.15, 0.2) is 5.78 Å². The van der Waals surface area contributed by atoms with Gasteiger partial charge in [0, 0.05) is 17.4 Å². The number of hydrogen-bond donors (Lipinski definition) is 0. The molecule has 2 rings (SSSR count). The average Bonchev–Trinajstić information content (AvgIpc) is 2.31. The van der Waals surface area contributed by atoms with E-state index in [1.54, 1.807) is 19.9 Å². The van der Waals surface area contributed by atoms with Crippen molar-refractivity contribution in [1.82, 2.24) is 4.90 Å². The van der Waals surface area contributed by atoms with Gasteiger partial charge in [-0.2, -0.15) is 18.4 Å². The summed E-state index contributed by atoms with van der Waals surface area (Å²) in [6, 6.07) is 1.90. The van der Waals surface area contributed by atoms with E-state index in [9.17, 15) is 18.0 Å². The van der Waals surface area contributed by atoms with Crippen LogP contribution in [0.15, 0.2) is 11.6 Å². The van der Waals surface area contributed by atoms with Gasteiger partial charge >= 0.3 is 6.18 Å². The van der Waals surface area contributed by atoms with Crippen molar-refractivity contribution in [2.24, 2.45) is 16.7 Å². The lowest BCUT2D eigenvalue weighted by Gasteiger charge is -2.53. The molecule has 1 saturated heterocycles. The number of carbonyl (C=O) groups is 1. The zero-order valence-corrected chi connectivity index (χ0v) is 12.4. The molecule has 0 amide bonds. The lowest BCUT2D eigenvalue weighted by atomic mass is 9.55. The van der Waals surface area contributed by atoms with Gasteiger partial charge in [-0.1, -0.05) is 26.8 Å². The summed E-state index contributed by atoms with van der Waals surface area (Å²) in [4.78, 5) is 13.7. The molecule has 116 valence electrons. The highest BCUT2D eigenvalue weighted by Crippen LogP contribution is 2.52. The summed E-state index contributed by atoms with van der Waals surface area (Å²) >= 11 is 0. The van der Waals surface area contributed by atoms with Crippen LogP contribution in [0.4, 0.5) is 13.2 Å². The molecule has 1 aliphatic carbocycles. The summed E-state index contributed by atoms with van der Waals surface area (Å²) < 4.78 is 37.7. The molecular formula is C15H19F3N2O. The number of piperidine rings is 1. The molecule has 0 aromatic rings. The van der Waals surface area contributed by atoms with Crippen LogP contribution in [0.2, 0.25) is 0 Å². The first kappa shape index (κ1) is 16.0. The quantitative estimate of drug-likeness (QED) is 0.748. The van der Waals surface area contributed by atoms with E-state index in [1.165, 1.54) is 4.90 Å². The minimum Gasteiger partial charge on any atom is -0.294 e. The highest BCUT2D eigenvalue weighted by atomic mass is 19.4. The number of halogens is 3. The first-order valence-electron chi connectivity index (χ1n) is 6.96. The van der Waals surface area contributed by atoms with E-state index in [1.807, 2.05) is 13.0 Å². The monoisotopic (exact) mass is 300 g/mol. The number of rotatable bonds is 1. The third-order valence-electron chi connectivity index (χ3n) is 4.79. The van der Waals surface area contributed by atoms with Crippen molar-refractivity contribution in [2.45, 2.75) is 33.4 Å². The molecule has 2 atom stereocenters. The van der Waals surface area contributed by atoms with Crippen molar-refractivity contribution in [1.29, 1.82) is 5.26 Å². The normalized spacial score (nSPS) is 33.1. The Labute approximate surface area is 122 Å². The first-order valence-corrected chi connectivity index (χ1v) is 6.96. The van der Waals surface area contributed by atoms with Gasteiger partial charge in [-0.05, 0) is 18.9 Å². The van der Waals surface area contributed by atoms with Gasteiger partial charge < -0.3 is 0 Å². The minimum atomic E-state index is -4.23. The molecule has 1 aliphatic heterocycles. The minimum absolute atomic E-state index is 0.0425. The predicted molar refractivity (Wildman–Crippen MR) is 71.2 cm³/mol. The fraction of sp³-hybridized carbons (Fsp3) is 0.733. The Morgan fingerprint density at radius 1 is 1.43 bits per heavy atom. The summed E-state index contributed by atoms with van der Waals surface area (Å²) in [5.41, 5.74) is -1.21. The summed E-state index contributed by atoms with van der Waals surface area (Å²) in [7, 11) is 0.